The SMILES string of the molecule is CC(C)(C)OC(=O)N1CCC(NCc2c(F)ccc(F)c2Br)CC1. The third kappa shape index (κ3) is 5.14. The van der Waals surface area contributed by atoms with Crippen molar-refractivity contribution in [2.75, 3.05) is 13.1 Å². The van der Waals surface area contributed by atoms with Gasteiger partial charge in [-0.15, -0.1) is 0 Å². The second kappa shape index (κ2) is 7.78. The van der Waals surface area contributed by atoms with E-state index in [2.05, 4.69) is 21.2 Å². The molecule has 0 radical (unpaired) electrons. The summed E-state index contributed by atoms with van der Waals surface area (Å²) in [5.74, 6) is -0.921. The van der Waals surface area contributed by atoms with Crippen molar-refractivity contribution in [1.82, 2.24) is 10.2 Å². The molecule has 1 aromatic rings. The van der Waals surface area contributed by atoms with Gasteiger partial charge in [0.2, 0.25) is 0 Å². The lowest BCUT2D eigenvalue weighted by Gasteiger charge is -2.33. The first-order valence-corrected chi connectivity index (χ1v) is 8.80. The predicted octanol–water partition coefficient (Wildman–Crippen LogP) is 4.22. The Morgan fingerprint density at radius 3 is 2.46 bits per heavy atom. The Hall–Kier alpha value is -1.21. The lowest BCUT2D eigenvalue weighted by Crippen LogP contribution is -2.46. The van der Waals surface area contributed by atoms with Crippen molar-refractivity contribution in [3.05, 3.63) is 33.8 Å². The van der Waals surface area contributed by atoms with E-state index in [4.69, 9.17) is 4.74 Å². The van der Waals surface area contributed by atoms with Crippen molar-refractivity contribution in [1.29, 1.82) is 0 Å². The van der Waals surface area contributed by atoms with Crippen LogP contribution in [0.1, 0.15) is 39.2 Å². The topological polar surface area (TPSA) is 41.6 Å². The highest BCUT2D eigenvalue weighted by Gasteiger charge is 2.26. The van der Waals surface area contributed by atoms with E-state index < -0.39 is 17.2 Å². The second-order valence-electron chi connectivity index (χ2n) is 6.94. The lowest BCUT2D eigenvalue weighted by atomic mass is 10.0. The number of benzene rings is 1. The number of nitrogens with zero attached hydrogens (tertiary/aromatic N) is 1. The summed E-state index contributed by atoms with van der Waals surface area (Å²) < 4.78 is 32.8. The van der Waals surface area contributed by atoms with Crippen LogP contribution in [0.4, 0.5) is 13.6 Å². The monoisotopic (exact) mass is 404 g/mol. The molecule has 1 saturated heterocycles. The van der Waals surface area contributed by atoms with Crippen LogP contribution in [0, 0.1) is 11.6 Å². The number of rotatable bonds is 3. The fourth-order valence-electron chi connectivity index (χ4n) is 2.57. The van der Waals surface area contributed by atoms with Gasteiger partial charge in [0.1, 0.15) is 17.2 Å². The molecule has 0 atom stereocenters. The van der Waals surface area contributed by atoms with Gasteiger partial charge in [-0.25, -0.2) is 13.6 Å². The van der Waals surface area contributed by atoms with E-state index in [1.165, 1.54) is 0 Å². The van der Waals surface area contributed by atoms with Crippen LogP contribution in [0.25, 0.3) is 0 Å². The molecule has 1 fully saturated rings. The van der Waals surface area contributed by atoms with E-state index in [9.17, 15) is 13.6 Å². The number of carbonyl (C=O) groups is 1. The highest BCUT2D eigenvalue weighted by molar-refractivity contribution is 9.10. The zero-order chi connectivity index (χ0) is 17.9. The molecule has 134 valence electrons. The number of hydrogen-bond donors (Lipinski definition) is 1. The second-order valence-corrected chi connectivity index (χ2v) is 7.74. The van der Waals surface area contributed by atoms with E-state index in [1.54, 1.807) is 4.90 Å². The van der Waals surface area contributed by atoms with Crippen LogP contribution >= 0.6 is 15.9 Å². The van der Waals surface area contributed by atoms with Gasteiger partial charge in [0, 0.05) is 31.2 Å². The molecule has 24 heavy (non-hydrogen) atoms. The third-order valence-corrected chi connectivity index (χ3v) is 4.71. The molecule has 1 N–H and O–H groups in total. The molecule has 0 unspecified atom stereocenters. The van der Waals surface area contributed by atoms with Gasteiger partial charge in [0.25, 0.3) is 0 Å². The van der Waals surface area contributed by atoms with Crippen LogP contribution in [-0.2, 0) is 11.3 Å². The summed E-state index contributed by atoms with van der Waals surface area (Å²) in [4.78, 5) is 13.7. The maximum absolute atomic E-state index is 13.8. The molecule has 0 saturated carbocycles. The van der Waals surface area contributed by atoms with Gasteiger partial charge >= 0.3 is 6.09 Å². The van der Waals surface area contributed by atoms with E-state index in [1.807, 2.05) is 20.8 Å². The van der Waals surface area contributed by atoms with Crippen molar-refractivity contribution < 1.29 is 18.3 Å². The fraction of sp³-hybridized carbons (Fsp3) is 0.588. The standard InChI is InChI=1S/C17H23BrF2N2O2/c1-17(2,3)24-16(23)22-8-6-11(7-9-22)21-10-12-13(19)4-5-14(20)15(12)18/h4-5,11,21H,6-10H2,1-3H3. The Morgan fingerprint density at radius 1 is 1.29 bits per heavy atom. The van der Waals surface area contributed by atoms with Crippen LogP contribution in [-0.4, -0.2) is 35.7 Å². The molecule has 1 aromatic carbocycles. The molecular weight excluding hydrogens is 382 g/mol. The molecule has 1 amide bonds. The summed E-state index contributed by atoms with van der Waals surface area (Å²) in [5, 5.41) is 3.24. The van der Waals surface area contributed by atoms with Crippen LogP contribution in [0.15, 0.2) is 16.6 Å². The summed E-state index contributed by atoms with van der Waals surface area (Å²) in [7, 11) is 0. The van der Waals surface area contributed by atoms with Gasteiger partial charge in [0.05, 0.1) is 4.47 Å². The van der Waals surface area contributed by atoms with Crippen molar-refractivity contribution in [2.24, 2.45) is 0 Å². The Kier molecular flexibility index (Phi) is 6.20. The Morgan fingerprint density at radius 2 is 1.88 bits per heavy atom. The van der Waals surface area contributed by atoms with Gasteiger partial charge in [-0.1, -0.05) is 0 Å². The summed E-state index contributed by atoms with van der Waals surface area (Å²) in [6, 6.07) is 2.38. The maximum Gasteiger partial charge on any atom is 0.410 e. The average molecular weight is 405 g/mol. The minimum Gasteiger partial charge on any atom is -0.444 e. The summed E-state index contributed by atoms with van der Waals surface area (Å²) in [6.45, 7) is 6.92. The highest BCUT2D eigenvalue weighted by atomic mass is 79.9. The van der Waals surface area contributed by atoms with Gasteiger partial charge in [-0.05, 0) is 61.7 Å². The first-order chi connectivity index (χ1) is 11.2. The lowest BCUT2D eigenvalue weighted by molar-refractivity contribution is 0.0198. The number of amides is 1. The molecular formula is C17H23BrF2N2O2. The summed E-state index contributed by atoms with van der Waals surface area (Å²) in [5.41, 5.74) is -0.225. The van der Waals surface area contributed by atoms with Crippen LogP contribution in [0.3, 0.4) is 0 Å². The molecule has 0 aromatic heterocycles. The van der Waals surface area contributed by atoms with Crippen molar-refractivity contribution in [3.8, 4) is 0 Å². The van der Waals surface area contributed by atoms with E-state index in [0.717, 1.165) is 25.0 Å². The predicted molar refractivity (Wildman–Crippen MR) is 91.7 cm³/mol. The van der Waals surface area contributed by atoms with E-state index in [0.29, 0.717) is 13.1 Å². The average Bonchev–Trinajstić information content (AvgIpc) is 2.50. The molecule has 1 aliphatic rings. The van der Waals surface area contributed by atoms with Crippen molar-refractivity contribution >= 4 is 22.0 Å². The Bertz CT molecular complexity index is 597. The normalized spacial score (nSPS) is 16.3. The van der Waals surface area contributed by atoms with Crippen molar-refractivity contribution in [2.45, 2.75) is 51.8 Å². The summed E-state index contributed by atoms with van der Waals surface area (Å²) in [6.07, 6.45) is 1.18. The maximum atomic E-state index is 13.8. The molecule has 0 aliphatic carbocycles. The molecule has 1 aliphatic heterocycles. The first kappa shape index (κ1) is 19.1. The van der Waals surface area contributed by atoms with Gasteiger partial charge in [-0.2, -0.15) is 0 Å². The number of nitrogens with one attached hydrogen (secondary N) is 1. The molecule has 7 heteroatoms. The largest absolute Gasteiger partial charge is 0.444 e. The molecule has 0 spiro atoms. The number of piperidine rings is 1. The van der Waals surface area contributed by atoms with Crippen molar-refractivity contribution in [3.63, 3.8) is 0 Å². The third-order valence-electron chi connectivity index (χ3n) is 3.85. The van der Waals surface area contributed by atoms with Gasteiger partial charge < -0.3 is 15.0 Å². The number of likely N-dealkylation sites (tertiary alicyclic amines) is 1. The van der Waals surface area contributed by atoms with E-state index >= 15 is 0 Å². The smallest absolute Gasteiger partial charge is 0.410 e. The minimum atomic E-state index is -0.507. The quantitative estimate of drug-likeness (QED) is 0.766. The number of carbonyl (C=O) groups excluding carboxylic acids is 1. The minimum absolute atomic E-state index is 0.151. The van der Waals surface area contributed by atoms with Crippen LogP contribution in [0.2, 0.25) is 0 Å². The molecule has 1 heterocycles. The Labute approximate surface area is 149 Å². The Balaban J connectivity index is 1.84. The molecule has 4 nitrogen and oxygen atoms in total. The van der Waals surface area contributed by atoms with Crippen LogP contribution < -0.4 is 5.32 Å². The number of halogens is 3. The fourth-order valence-corrected chi connectivity index (χ4v) is 3.03. The first-order valence-electron chi connectivity index (χ1n) is 8.01. The molecule has 2 rings (SSSR count). The number of ether oxygens (including phenoxy) is 1. The molecule has 0 bridgehead atoms. The summed E-state index contributed by atoms with van der Waals surface area (Å²) >= 11 is 3.09. The highest BCUT2D eigenvalue weighted by Crippen LogP contribution is 2.24. The zero-order valence-corrected chi connectivity index (χ0v) is 15.8. The number of hydrogen-bond acceptors (Lipinski definition) is 3. The zero-order valence-electron chi connectivity index (χ0n) is 14.2. The van der Waals surface area contributed by atoms with Crippen LogP contribution in [0.5, 0.6) is 0 Å². The van der Waals surface area contributed by atoms with E-state index in [-0.39, 0.29) is 28.7 Å². The van der Waals surface area contributed by atoms with Gasteiger partial charge in [-0.3, -0.25) is 0 Å². The van der Waals surface area contributed by atoms with Gasteiger partial charge in [0.15, 0.2) is 0 Å².